The fourth-order valence-electron chi connectivity index (χ4n) is 3.10. The molecule has 1 heterocycles. The zero-order valence-corrected chi connectivity index (χ0v) is 14.5. The van der Waals surface area contributed by atoms with Crippen LogP contribution in [0.1, 0.15) is 18.4 Å². The van der Waals surface area contributed by atoms with Gasteiger partial charge in [-0.2, -0.15) is 0 Å². The van der Waals surface area contributed by atoms with Crippen molar-refractivity contribution in [3.63, 3.8) is 0 Å². The summed E-state index contributed by atoms with van der Waals surface area (Å²) in [4.78, 5) is 14.0. The Bertz CT molecular complexity index is 768. The zero-order valence-electron chi connectivity index (χ0n) is 14.5. The molecule has 0 unspecified atom stereocenters. The van der Waals surface area contributed by atoms with E-state index in [4.69, 9.17) is 4.74 Å². The first-order valence-electron chi connectivity index (χ1n) is 8.70. The number of carbonyl (C=O) groups is 1. The molecule has 4 nitrogen and oxygen atoms in total. The molecule has 3 rings (SSSR count). The third-order valence-electron chi connectivity index (χ3n) is 4.67. The highest BCUT2D eigenvalue weighted by Crippen LogP contribution is 2.30. The predicted octanol–water partition coefficient (Wildman–Crippen LogP) is 3.84. The van der Waals surface area contributed by atoms with Gasteiger partial charge in [0, 0.05) is 32.5 Å². The van der Waals surface area contributed by atoms with E-state index >= 15 is 0 Å². The maximum Gasteiger partial charge on any atom is 0.348 e. The van der Waals surface area contributed by atoms with Gasteiger partial charge in [-0.3, -0.25) is 4.90 Å². The quantitative estimate of drug-likeness (QED) is 0.855. The minimum atomic E-state index is -1.37. The maximum atomic E-state index is 13.8. The number of ether oxygens (including phenoxy) is 1. The highest BCUT2D eigenvalue weighted by molar-refractivity contribution is 5.78. The van der Waals surface area contributed by atoms with Crippen LogP contribution in [0.25, 0.3) is 6.08 Å². The van der Waals surface area contributed by atoms with Crippen molar-refractivity contribution in [2.75, 3.05) is 19.6 Å². The van der Waals surface area contributed by atoms with Crippen LogP contribution in [-0.4, -0.2) is 41.2 Å². The molecule has 1 aliphatic rings. The molecule has 0 atom stereocenters. The van der Waals surface area contributed by atoms with Crippen molar-refractivity contribution in [3.05, 3.63) is 72.1 Å². The largest absolute Gasteiger partial charge is 0.478 e. The highest BCUT2D eigenvalue weighted by Gasteiger charge is 2.44. The molecular weight excluding hydrogens is 333 g/mol. The van der Waals surface area contributed by atoms with Crippen LogP contribution in [-0.2, 0) is 4.79 Å². The van der Waals surface area contributed by atoms with Gasteiger partial charge in [-0.05, 0) is 17.7 Å². The number of para-hydroxylation sites is 1. The summed E-state index contributed by atoms with van der Waals surface area (Å²) in [6.07, 6.45) is 4.75. The number of aliphatic carboxylic acids is 1. The van der Waals surface area contributed by atoms with Crippen molar-refractivity contribution in [1.29, 1.82) is 0 Å². The summed E-state index contributed by atoms with van der Waals surface area (Å²) in [7, 11) is 0. The highest BCUT2D eigenvalue weighted by atomic mass is 19.1. The summed E-state index contributed by atoms with van der Waals surface area (Å²) in [5.41, 5.74) is -0.241. The molecule has 0 aromatic heterocycles. The summed E-state index contributed by atoms with van der Waals surface area (Å²) in [5.74, 6) is -1.59. The van der Waals surface area contributed by atoms with Gasteiger partial charge in [0.2, 0.25) is 5.60 Å². The molecule has 0 amide bonds. The molecule has 26 heavy (non-hydrogen) atoms. The summed E-state index contributed by atoms with van der Waals surface area (Å²) in [6, 6.07) is 15.9. The Hall–Kier alpha value is -2.66. The van der Waals surface area contributed by atoms with E-state index in [2.05, 4.69) is 17.1 Å². The van der Waals surface area contributed by atoms with Gasteiger partial charge < -0.3 is 9.84 Å². The van der Waals surface area contributed by atoms with Crippen LogP contribution < -0.4 is 4.74 Å². The average Bonchev–Trinajstić information content (AvgIpc) is 2.66. The van der Waals surface area contributed by atoms with Gasteiger partial charge in [-0.1, -0.05) is 54.6 Å². The molecule has 0 saturated carbocycles. The molecular formula is C21H22FNO3. The molecule has 0 aliphatic carbocycles. The first kappa shape index (κ1) is 18.1. The van der Waals surface area contributed by atoms with Crippen LogP contribution in [0.3, 0.4) is 0 Å². The second-order valence-electron chi connectivity index (χ2n) is 6.45. The summed E-state index contributed by atoms with van der Waals surface area (Å²) >= 11 is 0. The van der Waals surface area contributed by atoms with Crippen LogP contribution in [0.5, 0.6) is 5.75 Å². The molecule has 1 fully saturated rings. The summed E-state index contributed by atoms with van der Waals surface area (Å²) in [6.45, 7) is 1.91. The maximum absolute atomic E-state index is 13.8. The average molecular weight is 355 g/mol. The van der Waals surface area contributed by atoms with Crippen molar-refractivity contribution < 1.29 is 19.0 Å². The number of carboxylic acid groups (broad SMARTS) is 1. The molecule has 5 heteroatoms. The van der Waals surface area contributed by atoms with Gasteiger partial charge in [-0.15, -0.1) is 0 Å². The lowest BCUT2D eigenvalue weighted by molar-refractivity contribution is -0.159. The number of halogens is 1. The van der Waals surface area contributed by atoms with Crippen LogP contribution in [0.4, 0.5) is 4.39 Å². The second-order valence-corrected chi connectivity index (χ2v) is 6.45. The standard InChI is InChI=1S/C21H22FNO3/c22-18-10-4-5-11-19(18)26-21(20(24)25)12-15-23(16-13-21)14-6-9-17-7-2-1-3-8-17/h1-11H,12-16H2,(H,24,25). The Morgan fingerprint density at radius 2 is 1.77 bits per heavy atom. The Kier molecular flexibility index (Phi) is 5.68. The van der Waals surface area contributed by atoms with Crippen molar-refractivity contribution >= 4 is 12.0 Å². The third kappa shape index (κ3) is 4.29. The van der Waals surface area contributed by atoms with E-state index in [0.29, 0.717) is 25.9 Å². The lowest BCUT2D eigenvalue weighted by atomic mass is 9.91. The number of likely N-dealkylation sites (tertiary alicyclic amines) is 1. The first-order valence-corrected chi connectivity index (χ1v) is 8.70. The smallest absolute Gasteiger partial charge is 0.348 e. The molecule has 0 bridgehead atoms. The number of hydrogen-bond acceptors (Lipinski definition) is 3. The molecule has 2 aromatic carbocycles. The topological polar surface area (TPSA) is 49.8 Å². The van der Waals surface area contributed by atoms with E-state index < -0.39 is 17.4 Å². The SMILES string of the molecule is O=C(O)C1(Oc2ccccc2F)CCN(CC=Cc2ccccc2)CC1. The Morgan fingerprint density at radius 3 is 2.42 bits per heavy atom. The van der Waals surface area contributed by atoms with Crippen LogP contribution in [0.15, 0.2) is 60.7 Å². The van der Waals surface area contributed by atoms with E-state index in [1.54, 1.807) is 12.1 Å². The van der Waals surface area contributed by atoms with Crippen LogP contribution in [0.2, 0.25) is 0 Å². The Labute approximate surface area is 152 Å². The number of piperidine rings is 1. The molecule has 1 aliphatic heterocycles. The number of rotatable bonds is 6. The van der Waals surface area contributed by atoms with Gasteiger partial charge >= 0.3 is 5.97 Å². The van der Waals surface area contributed by atoms with E-state index in [0.717, 1.165) is 12.1 Å². The van der Waals surface area contributed by atoms with E-state index in [1.807, 2.05) is 30.3 Å². The summed E-state index contributed by atoms with van der Waals surface area (Å²) < 4.78 is 19.5. The molecule has 136 valence electrons. The lowest BCUT2D eigenvalue weighted by Gasteiger charge is -2.38. The molecule has 0 radical (unpaired) electrons. The van der Waals surface area contributed by atoms with E-state index in [1.165, 1.54) is 12.1 Å². The summed E-state index contributed by atoms with van der Waals surface area (Å²) in [5, 5.41) is 9.67. The lowest BCUT2D eigenvalue weighted by Crippen LogP contribution is -2.53. The van der Waals surface area contributed by atoms with Crippen LogP contribution >= 0.6 is 0 Å². The number of benzene rings is 2. The number of hydrogen-bond donors (Lipinski definition) is 1. The molecule has 0 spiro atoms. The second kappa shape index (κ2) is 8.15. The van der Waals surface area contributed by atoms with Gasteiger partial charge in [0.25, 0.3) is 0 Å². The Morgan fingerprint density at radius 1 is 1.12 bits per heavy atom. The van der Waals surface area contributed by atoms with Crippen molar-refractivity contribution in [2.45, 2.75) is 18.4 Å². The van der Waals surface area contributed by atoms with Crippen molar-refractivity contribution in [2.24, 2.45) is 0 Å². The van der Waals surface area contributed by atoms with E-state index in [9.17, 15) is 14.3 Å². The monoisotopic (exact) mass is 355 g/mol. The molecule has 1 N–H and O–H groups in total. The number of carboxylic acids is 1. The van der Waals surface area contributed by atoms with Crippen LogP contribution in [0, 0.1) is 5.82 Å². The predicted molar refractivity (Wildman–Crippen MR) is 98.5 cm³/mol. The number of nitrogens with zero attached hydrogens (tertiary/aromatic N) is 1. The minimum Gasteiger partial charge on any atom is -0.478 e. The van der Waals surface area contributed by atoms with Crippen molar-refractivity contribution in [3.8, 4) is 5.75 Å². The fourth-order valence-corrected chi connectivity index (χ4v) is 3.10. The van der Waals surface area contributed by atoms with Gasteiger partial charge in [-0.25, -0.2) is 9.18 Å². The molecule has 2 aromatic rings. The fraction of sp³-hybridized carbons (Fsp3) is 0.286. The zero-order chi connectivity index (χ0) is 18.4. The first-order chi connectivity index (χ1) is 12.6. The van der Waals surface area contributed by atoms with Gasteiger partial charge in [0.15, 0.2) is 11.6 Å². The van der Waals surface area contributed by atoms with Gasteiger partial charge in [0.05, 0.1) is 0 Å². The normalized spacial score (nSPS) is 17.3. The van der Waals surface area contributed by atoms with E-state index in [-0.39, 0.29) is 5.75 Å². The minimum absolute atomic E-state index is 0.00711. The van der Waals surface area contributed by atoms with Crippen molar-refractivity contribution in [1.82, 2.24) is 4.90 Å². The molecule has 1 saturated heterocycles. The van der Waals surface area contributed by atoms with Gasteiger partial charge in [0.1, 0.15) is 0 Å². The third-order valence-corrected chi connectivity index (χ3v) is 4.67. The Balaban J connectivity index is 1.60.